The number of hydrogen-bond acceptors (Lipinski definition) is 5. The Balaban J connectivity index is 2.01. The quantitative estimate of drug-likeness (QED) is 0.852. The van der Waals surface area contributed by atoms with E-state index in [1.165, 1.54) is 31.5 Å². The summed E-state index contributed by atoms with van der Waals surface area (Å²) in [5, 5.41) is 9.25. The van der Waals surface area contributed by atoms with E-state index in [0.29, 0.717) is 12.3 Å². The molecule has 8 nitrogen and oxygen atoms in total. The van der Waals surface area contributed by atoms with Gasteiger partial charge in [-0.2, -0.15) is 8.42 Å². The fraction of sp³-hybridized carbons (Fsp3) is 0.286. The molecule has 0 unspecified atom stereocenters. The first kappa shape index (κ1) is 15.3. The van der Waals surface area contributed by atoms with Gasteiger partial charge in [-0.15, -0.1) is 0 Å². The van der Waals surface area contributed by atoms with Gasteiger partial charge in [-0.05, 0) is 18.6 Å². The molecule has 0 fully saturated rings. The number of benzene rings is 1. The van der Waals surface area contributed by atoms with Crippen molar-refractivity contribution >= 4 is 21.7 Å². The van der Waals surface area contributed by atoms with Crippen molar-refractivity contribution in [2.24, 2.45) is 0 Å². The molecule has 2 N–H and O–H groups in total. The molecule has 122 valence electrons. The third-order valence-corrected chi connectivity index (χ3v) is 5.03. The summed E-state index contributed by atoms with van der Waals surface area (Å²) in [6.07, 6.45) is 2.86. The zero-order valence-corrected chi connectivity index (χ0v) is 13.1. The summed E-state index contributed by atoms with van der Waals surface area (Å²) in [5.41, 5.74) is -0.207. The zero-order valence-electron chi connectivity index (χ0n) is 12.3. The highest BCUT2D eigenvalue weighted by Gasteiger charge is 2.26. The van der Waals surface area contributed by atoms with Gasteiger partial charge in [0.05, 0.1) is 24.6 Å². The fourth-order valence-corrected chi connectivity index (χ4v) is 3.80. The number of ether oxygens (including phenoxy) is 1. The van der Waals surface area contributed by atoms with E-state index in [9.17, 15) is 18.3 Å². The molecule has 0 radical (unpaired) electrons. The lowest BCUT2D eigenvalue weighted by molar-refractivity contribution is 0.0698. The SMILES string of the molecule is COc1ccc(C(=O)O)c(NS(=O)(=O)c2cnc3n2CCC3)c1. The molecule has 23 heavy (non-hydrogen) atoms. The number of anilines is 1. The number of carboxylic acid groups (broad SMARTS) is 1. The van der Waals surface area contributed by atoms with Gasteiger partial charge >= 0.3 is 5.97 Å². The summed E-state index contributed by atoms with van der Waals surface area (Å²) < 4.78 is 34.2. The van der Waals surface area contributed by atoms with Crippen LogP contribution in [0.4, 0.5) is 5.69 Å². The number of imidazole rings is 1. The zero-order chi connectivity index (χ0) is 16.6. The molecule has 2 aromatic rings. The Morgan fingerprint density at radius 3 is 2.91 bits per heavy atom. The number of sulfonamides is 1. The monoisotopic (exact) mass is 337 g/mol. The Morgan fingerprint density at radius 2 is 2.22 bits per heavy atom. The number of aryl methyl sites for hydroxylation is 1. The molecule has 2 heterocycles. The maximum absolute atomic E-state index is 12.6. The van der Waals surface area contributed by atoms with Crippen LogP contribution in [0.15, 0.2) is 29.4 Å². The number of hydrogen-bond donors (Lipinski definition) is 2. The minimum Gasteiger partial charge on any atom is -0.497 e. The van der Waals surface area contributed by atoms with Gasteiger partial charge in [-0.3, -0.25) is 4.72 Å². The predicted molar refractivity (Wildman–Crippen MR) is 81.3 cm³/mol. The van der Waals surface area contributed by atoms with Gasteiger partial charge < -0.3 is 14.4 Å². The lowest BCUT2D eigenvalue weighted by Crippen LogP contribution is -2.18. The normalized spacial score (nSPS) is 13.6. The molecular weight excluding hydrogens is 322 g/mol. The third-order valence-electron chi connectivity index (χ3n) is 3.66. The lowest BCUT2D eigenvalue weighted by atomic mass is 10.2. The van der Waals surface area contributed by atoms with Crippen LogP contribution in [0.1, 0.15) is 22.6 Å². The van der Waals surface area contributed by atoms with Crippen molar-refractivity contribution in [3.63, 3.8) is 0 Å². The summed E-state index contributed by atoms with van der Waals surface area (Å²) >= 11 is 0. The van der Waals surface area contributed by atoms with Crippen LogP contribution >= 0.6 is 0 Å². The van der Waals surface area contributed by atoms with E-state index < -0.39 is 16.0 Å². The topological polar surface area (TPSA) is 111 Å². The van der Waals surface area contributed by atoms with Crippen molar-refractivity contribution in [1.29, 1.82) is 0 Å². The van der Waals surface area contributed by atoms with Crippen molar-refractivity contribution < 1.29 is 23.1 Å². The second-order valence-corrected chi connectivity index (χ2v) is 6.72. The van der Waals surface area contributed by atoms with Crippen molar-refractivity contribution in [3.8, 4) is 5.75 Å². The molecule has 0 aliphatic carbocycles. The minimum absolute atomic E-state index is 0.0316. The molecule has 1 aromatic heterocycles. The Labute approximate surface area is 132 Å². The van der Waals surface area contributed by atoms with E-state index in [2.05, 4.69) is 9.71 Å². The van der Waals surface area contributed by atoms with Crippen molar-refractivity contribution in [2.75, 3.05) is 11.8 Å². The Bertz CT molecular complexity index is 873. The second kappa shape index (κ2) is 5.58. The average Bonchev–Trinajstić information content (AvgIpc) is 3.08. The molecule has 1 aliphatic rings. The molecule has 9 heteroatoms. The maximum atomic E-state index is 12.6. The summed E-state index contributed by atoms with van der Waals surface area (Å²) in [4.78, 5) is 15.4. The van der Waals surface area contributed by atoms with Crippen LogP contribution in [0.25, 0.3) is 0 Å². The van der Waals surface area contributed by atoms with Crippen LogP contribution < -0.4 is 9.46 Å². The van der Waals surface area contributed by atoms with Crippen molar-refractivity contribution in [1.82, 2.24) is 9.55 Å². The third kappa shape index (κ3) is 2.74. The van der Waals surface area contributed by atoms with Crippen molar-refractivity contribution in [3.05, 3.63) is 35.8 Å². The molecule has 0 bridgehead atoms. The number of nitrogens with zero attached hydrogens (tertiary/aromatic N) is 2. The first-order valence-corrected chi connectivity index (χ1v) is 8.39. The highest BCUT2D eigenvalue weighted by Crippen LogP contribution is 2.27. The minimum atomic E-state index is -3.94. The van der Waals surface area contributed by atoms with Gasteiger partial charge in [-0.25, -0.2) is 9.78 Å². The van der Waals surface area contributed by atoms with Crippen LogP contribution in [0.3, 0.4) is 0 Å². The van der Waals surface area contributed by atoms with Crippen LogP contribution in [-0.4, -0.2) is 36.2 Å². The fourth-order valence-electron chi connectivity index (χ4n) is 2.56. The number of nitrogens with one attached hydrogen (secondary N) is 1. The molecule has 0 saturated heterocycles. The highest BCUT2D eigenvalue weighted by molar-refractivity contribution is 7.92. The average molecular weight is 337 g/mol. The smallest absolute Gasteiger partial charge is 0.337 e. The maximum Gasteiger partial charge on any atom is 0.337 e. The number of fused-ring (bicyclic) bond motifs is 1. The van der Waals surface area contributed by atoms with Gasteiger partial charge in [0.15, 0.2) is 5.03 Å². The summed E-state index contributed by atoms with van der Waals surface area (Å²) in [5.74, 6) is -0.162. The molecular formula is C14H15N3O5S. The van der Waals surface area contributed by atoms with E-state index in [-0.39, 0.29) is 16.3 Å². The standard InChI is InChI=1S/C14H15N3O5S/c1-22-9-4-5-10(14(18)19)11(7-9)16-23(20,21)13-8-15-12-3-2-6-17(12)13/h4-5,7-8,16H,2-3,6H2,1H3,(H,18,19). The second-order valence-electron chi connectivity index (χ2n) is 5.09. The van der Waals surface area contributed by atoms with E-state index in [1.807, 2.05) is 0 Å². The molecule has 0 amide bonds. The number of aromatic nitrogens is 2. The Morgan fingerprint density at radius 1 is 1.43 bits per heavy atom. The van der Waals surface area contributed by atoms with Gasteiger partial charge in [0.1, 0.15) is 11.6 Å². The summed E-state index contributed by atoms with van der Waals surface area (Å²) in [6, 6.07) is 4.08. The van der Waals surface area contributed by atoms with Gasteiger partial charge in [0, 0.05) is 19.0 Å². The first-order valence-electron chi connectivity index (χ1n) is 6.91. The van der Waals surface area contributed by atoms with Gasteiger partial charge in [-0.1, -0.05) is 0 Å². The van der Waals surface area contributed by atoms with E-state index in [0.717, 1.165) is 18.7 Å². The number of carboxylic acids is 1. The number of aromatic carboxylic acids is 1. The van der Waals surface area contributed by atoms with Crippen LogP contribution in [0, 0.1) is 0 Å². The Hall–Kier alpha value is -2.55. The molecule has 0 saturated carbocycles. The highest BCUT2D eigenvalue weighted by atomic mass is 32.2. The molecule has 1 aromatic carbocycles. The van der Waals surface area contributed by atoms with E-state index >= 15 is 0 Å². The van der Waals surface area contributed by atoms with Gasteiger partial charge in [0.2, 0.25) is 0 Å². The largest absolute Gasteiger partial charge is 0.497 e. The Kier molecular flexibility index (Phi) is 3.72. The summed E-state index contributed by atoms with van der Waals surface area (Å²) in [7, 11) is -2.53. The van der Waals surface area contributed by atoms with Crippen LogP contribution in [0.5, 0.6) is 5.75 Å². The lowest BCUT2D eigenvalue weighted by Gasteiger charge is -2.12. The number of rotatable bonds is 5. The van der Waals surface area contributed by atoms with E-state index in [1.54, 1.807) is 4.57 Å². The predicted octanol–water partition coefficient (Wildman–Crippen LogP) is 1.34. The van der Waals surface area contributed by atoms with Gasteiger partial charge in [0.25, 0.3) is 10.0 Å². The number of carbonyl (C=O) groups is 1. The van der Waals surface area contributed by atoms with Crippen molar-refractivity contribution in [2.45, 2.75) is 24.4 Å². The van der Waals surface area contributed by atoms with Crippen LogP contribution in [0.2, 0.25) is 0 Å². The number of methoxy groups -OCH3 is 1. The molecule has 3 rings (SSSR count). The van der Waals surface area contributed by atoms with Crippen LogP contribution in [-0.2, 0) is 23.0 Å². The molecule has 0 spiro atoms. The molecule has 1 aliphatic heterocycles. The molecule has 0 atom stereocenters. The first-order chi connectivity index (χ1) is 10.9. The van der Waals surface area contributed by atoms with E-state index in [4.69, 9.17) is 4.74 Å². The summed E-state index contributed by atoms with van der Waals surface area (Å²) in [6.45, 7) is 0.579.